The summed E-state index contributed by atoms with van der Waals surface area (Å²) in [6.07, 6.45) is 3.82. The zero-order chi connectivity index (χ0) is 10.1. The van der Waals surface area contributed by atoms with Crippen molar-refractivity contribution in [2.75, 3.05) is 27.4 Å². The van der Waals surface area contributed by atoms with E-state index in [1.807, 2.05) is 0 Å². The third-order valence-corrected chi connectivity index (χ3v) is 2.30. The quantitative estimate of drug-likeness (QED) is 0.583. The standard InChI is InChI=1S/C11H24O2/c1-10(8-12-3)6-5-7-11(2)9-13-4/h10-11H,5-9H2,1-4H3. The van der Waals surface area contributed by atoms with E-state index in [2.05, 4.69) is 13.8 Å². The maximum absolute atomic E-state index is 5.08. The second-order valence-electron chi connectivity index (χ2n) is 4.05. The average molecular weight is 188 g/mol. The van der Waals surface area contributed by atoms with Crippen LogP contribution in [0.15, 0.2) is 0 Å². The van der Waals surface area contributed by atoms with Crippen LogP contribution in [0.1, 0.15) is 33.1 Å². The number of hydrogen-bond donors (Lipinski definition) is 0. The van der Waals surface area contributed by atoms with E-state index in [0.29, 0.717) is 11.8 Å². The van der Waals surface area contributed by atoms with Gasteiger partial charge in [-0.1, -0.05) is 20.3 Å². The van der Waals surface area contributed by atoms with Crippen LogP contribution in [0.2, 0.25) is 0 Å². The van der Waals surface area contributed by atoms with Crippen molar-refractivity contribution >= 4 is 0 Å². The minimum Gasteiger partial charge on any atom is -0.384 e. The van der Waals surface area contributed by atoms with E-state index in [-0.39, 0.29) is 0 Å². The summed E-state index contributed by atoms with van der Waals surface area (Å²) >= 11 is 0. The fraction of sp³-hybridized carbons (Fsp3) is 1.00. The van der Waals surface area contributed by atoms with Gasteiger partial charge in [-0.15, -0.1) is 0 Å². The van der Waals surface area contributed by atoms with Crippen molar-refractivity contribution in [3.05, 3.63) is 0 Å². The Bertz CT molecular complexity index is 92.3. The summed E-state index contributed by atoms with van der Waals surface area (Å²) in [5.74, 6) is 1.39. The first-order valence-corrected chi connectivity index (χ1v) is 5.18. The highest BCUT2D eigenvalue weighted by atomic mass is 16.5. The van der Waals surface area contributed by atoms with E-state index in [0.717, 1.165) is 13.2 Å². The molecule has 80 valence electrons. The molecule has 0 saturated carbocycles. The number of methoxy groups -OCH3 is 2. The molecule has 0 rings (SSSR count). The Kier molecular flexibility index (Phi) is 8.46. The molecule has 0 fully saturated rings. The summed E-state index contributed by atoms with van der Waals surface area (Å²) in [6.45, 7) is 6.26. The van der Waals surface area contributed by atoms with Crippen molar-refractivity contribution in [3.63, 3.8) is 0 Å². The Balaban J connectivity index is 3.23. The van der Waals surface area contributed by atoms with Gasteiger partial charge in [-0.2, -0.15) is 0 Å². The zero-order valence-corrected chi connectivity index (χ0v) is 9.51. The molecule has 0 aromatic rings. The second kappa shape index (κ2) is 8.52. The molecule has 0 N–H and O–H groups in total. The predicted octanol–water partition coefficient (Wildman–Crippen LogP) is 2.72. The maximum atomic E-state index is 5.08. The molecule has 0 aromatic heterocycles. The molecule has 0 aliphatic heterocycles. The van der Waals surface area contributed by atoms with Gasteiger partial charge in [0.15, 0.2) is 0 Å². The van der Waals surface area contributed by atoms with E-state index >= 15 is 0 Å². The molecule has 0 bridgehead atoms. The van der Waals surface area contributed by atoms with Crippen molar-refractivity contribution in [2.45, 2.75) is 33.1 Å². The van der Waals surface area contributed by atoms with Crippen LogP contribution in [0.5, 0.6) is 0 Å². The minimum atomic E-state index is 0.694. The maximum Gasteiger partial charge on any atom is 0.0487 e. The Hall–Kier alpha value is -0.0800. The van der Waals surface area contributed by atoms with Gasteiger partial charge in [-0.05, 0) is 24.7 Å². The molecular weight excluding hydrogens is 164 g/mol. The highest BCUT2D eigenvalue weighted by Crippen LogP contribution is 2.13. The average Bonchev–Trinajstić information content (AvgIpc) is 2.05. The lowest BCUT2D eigenvalue weighted by molar-refractivity contribution is 0.142. The normalized spacial score (nSPS) is 15.7. The first-order chi connectivity index (χ1) is 6.20. The van der Waals surface area contributed by atoms with Crippen LogP contribution in [0.4, 0.5) is 0 Å². The largest absolute Gasteiger partial charge is 0.384 e. The lowest BCUT2D eigenvalue weighted by Crippen LogP contribution is -2.07. The van der Waals surface area contributed by atoms with Crippen molar-refractivity contribution < 1.29 is 9.47 Å². The molecule has 2 nitrogen and oxygen atoms in total. The van der Waals surface area contributed by atoms with Crippen molar-refractivity contribution in [2.24, 2.45) is 11.8 Å². The third-order valence-electron chi connectivity index (χ3n) is 2.30. The number of rotatable bonds is 8. The SMILES string of the molecule is COCC(C)CCCC(C)COC. The molecule has 0 saturated heterocycles. The molecule has 0 heterocycles. The van der Waals surface area contributed by atoms with Crippen LogP contribution >= 0.6 is 0 Å². The molecule has 2 heteroatoms. The van der Waals surface area contributed by atoms with Crippen LogP contribution in [-0.2, 0) is 9.47 Å². The second-order valence-corrected chi connectivity index (χ2v) is 4.05. The highest BCUT2D eigenvalue weighted by molar-refractivity contribution is 4.56. The lowest BCUT2D eigenvalue weighted by Gasteiger charge is -2.12. The molecular formula is C11H24O2. The van der Waals surface area contributed by atoms with E-state index in [1.54, 1.807) is 14.2 Å². The number of ether oxygens (including phenoxy) is 2. The van der Waals surface area contributed by atoms with Gasteiger partial charge in [0.1, 0.15) is 0 Å². The van der Waals surface area contributed by atoms with Crippen LogP contribution < -0.4 is 0 Å². The lowest BCUT2D eigenvalue weighted by atomic mass is 10.00. The molecule has 13 heavy (non-hydrogen) atoms. The highest BCUT2D eigenvalue weighted by Gasteiger charge is 2.04. The van der Waals surface area contributed by atoms with E-state index in [1.165, 1.54) is 19.3 Å². The van der Waals surface area contributed by atoms with Crippen LogP contribution in [0.3, 0.4) is 0 Å². The third kappa shape index (κ3) is 8.26. The Morgan fingerprint density at radius 1 is 0.846 bits per heavy atom. The molecule has 0 aromatic carbocycles. The molecule has 2 atom stereocenters. The summed E-state index contributed by atoms with van der Waals surface area (Å²) in [6, 6.07) is 0. The zero-order valence-electron chi connectivity index (χ0n) is 9.51. The van der Waals surface area contributed by atoms with Crippen LogP contribution in [-0.4, -0.2) is 27.4 Å². The predicted molar refractivity (Wildman–Crippen MR) is 55.9 cm³/mol. The van der Waals surface area contributed by atoms with Crippen molar-refractivity contribution in [1.82, 2.24) is 0 Å². The Morgan fingerprint density at radius 2 is 1.23 bits per heavy atom. The Morgan fingerprint density at radius 3 is 1.54 bits per heavy atom. The first kappa shape index (κ1) is 12.9. The fourth-order valence-corrected chi connectivity index (χ4v) is 1.55. The molecule has 0 spiro atoms. The van der Waals surface area contributed by atoms with E-state index in [9.17, 15) is 0 Å². The smallest absolute Gasteiger partial charge is 0.0487 e. The summed E-state index contributed by atoms with van der Waals surface area (Å²) in [5.41, 5.74) is 0. The molecule has 0 aliphatic rings. The Labute approximate surface area is 82.6 Å². The minimum absolute atomic E-state index is 0.694. The van der Waals surface area contributed by atoms with Crippen LogP contribution in [0, 0.1) is 11.8 Å². The summed E-state index contributed by atoms with van der Waals surface area (Å²) < 4.78 is 10.2. The monoisotopic (exact) mass is 188 g/mol. The first-order valence-electron chi connectivity index (χ1n) is 5.18. The number of hydrogen-bond acceptors (Lipinski definition) is 2. The molecule has 0 amide bonds. The van der Waals surface area contributed by atoms with Gasteiger partial charge in [0.05, 0.1) is 0 Å². The molecule has 2 unspecified atom stereocenters. The van der Waals surface area contributed by atoms with E-state index < -0.39 is 0 Å². The van der Waals surface area contributed by atoms with Gasteiger partial charge < -0.3 is 9.47 Å². The summed E-state index contributed by atoms with van der Waals surface area (Å²) in [7, 11) is 3.54. The van der Waals surface area contributed by atoms with Gasteiger partial charge in [0.25, 0.3) is 0 Å². The van der Waals surface area contributed by atoms with Gasteiger partial charge in [-0.3, -0.25) is 0 Å². The van der Waals surface area contributed by atoms with E-state index in [4.69, 9.17) is 9.47 Å². The van der Waals surface area contributed by atoms with Gasteiger partial charge in [0, 0.05) is 27.4 Å². The van der Waals surface area contributed by atoms with Gasteiger partial charge in [-0.25, -0.2) is 0 Å². The van der Waals surface area contributed by atoms with Gasteiger partial charge >= 0.3 is 0 Å². The van der Waals surface area contributed by atoms with Gasteiger partial charge in [0.2, 0.25) is 0 Å². The fourth-order valence-electron chi connectivity index (χ4n) is 1.55. The van der Waals surface area contributed by atoms with Crippen LogP contribution in [0.25, 0.3) is 0 Å². The topological polar surface area (TPSA) is 18.5 Å². The molecule has 0 radical (unpaired) electrons. The summed E-state index contributed by atoms with van der Waals surface area (Å²) in [4.78, 5) is 0. The molecule has 0 aliphatic carbocycles. The summed E-state index contributed by atoms with van der Waals surface area (Å²) in [5, 5.41) is 0. The van der Waals surface area contributed by atoms with Crippen molar-refractivity contribution in [3.8, 4) is 0 Å². The van der Waals surface area contributed by atoms with Crippen molar-refractivity contribution in [1.29, 1.82) is 0 Å².